The van der Waals surface area contributed by atoms with Crippen LogP contribution in [-0.4, -0.2) is 17.1 Å². The summed E-state index contributed by atoms with van der Waals surface area (Å²) in [6.45, 7) is 9.83. The van der Waals surface area contributed by atoms with Crippen LogP contribution in [0.1, 0.15) is 53.4 Å². The first-order chi connectivity index (χ1) is 8.69. The Bertz CT molecular complexity index is 337. The van der Waals surface area contributed by atoms with Gasteiger partial charge in [-0.15, -0.1) is 0 Å². The molecule has 0 spiro atoms. The molecule has 0 radical (unpaired) electrons. The molecule has 1 heterocycles. The van der Waals surface area contributed by atoms with E-state index in [0.717, 1.165) is 43.9 Å². The van der Waals surface area contributed by atoms with Crippen molar-refractivity contribution in [3.8, 4) is 0 Å². The highest BCUT2D eigenvalue weighted by atomic mass is 15.1. The SMILES string of the molecule is CCCNc1cccc(NC(CC)(CC)CC)n1. The predicted molar refractivity (Wildman–Crippen MR) is 80.2 cm³/mol. The molecule has 0 aliphatic heterocycles. The van der Waals surface area contributed by atoms with Crippen molar-refractivity contribution in [1.29, 1.82) is 0 Å². The number of pyridine rings is 1. The lowest BCUT2D eigenvalue weighted by Crippen LogP contribution is -2.36. The predicted octanol–water partition coefficient (Wildman–Crippen LogP) is 4.28. The van der Waals surface area contributed by atoms with E-state index in [9.17, 15) is 0 Å². The summed E-state index contributed by atoms with van der Waals surface area (Å²) in [4.78, 5) is 4.62. The maximum absolute atomic E-state index is 4.62. The Morgan fingerprint density at radius 1 is 1.00 bits per heavy atom. The maximum Gasteiger partial charge on any atom is 0.128 e. The molecule has 0 amide bonds. The highest BCUT2D eigenvalue weighted by Crippen LogP contribution is 2.25. The number of hydrogen-bond donors (Lipinski definition) is 2. The van der Waals surface area contributed by atoms with Crippen molar-refractivity contribution in [3.05, 3.63) is 18.2 Å². The normalized spacial score (nSPS) is 11.3. The Kier molecular flexibility index (Phi) is 5.96. The van der Waals surface area contributed by atoms with Gasteiger partial charge in [-0.3, -0.25) is 0 Å². The van der Waals surface area contributed by atoms with Crippen molar-refractivity contribution in [2.24, 2.45) is 0 Å². The first-order valence-electron chi connectivity index (χ1n) is 7.18. The third-order valence-electron chi connectivity index (χ3n) is 3.73. The van der Waals surface area contributed by atoms with Crippen LogP contribution in [0, 0.1) is 0 Å². The third kappa shape index (κ3) is 3.90. The van der Waals surface area contributed by atoms with Crippen LogP contribution in [0.3, 0.4) is 0 Å². The van der Waals surface area contributed by atoms with Crippen molar-refractivity contribution < 1.29 is 0 Å². The number of rotatable bonds is 8. The third-order valence-corrected chi connectivity index (χ3v) is 3.73. The lowest BCUT2D eigenvalue weighted by molar-refractivity contribution is 0.419. The van der Waals surface area contributed by atoms with Gasteiger partial charge in [0.1, 0.15) is 11.6 Å². The van der Waals surface area contributed by atoms with Crippen molar-refractivity contribution in [2.45, 2.75) is 58.9 Å². The van der Waals surface area contributed by atoms with Gasteiger partial charge < -0.3 is 10.6 Å². The average molecular weight is 249 g/mol. The van der Waals surface area contributed by atoms with Gasteiger partial charge in [0.15, 0.2) is 0 Å². The number of hydrogen-bond acceptors (Lipinski definition) is 3. The Labute approximate surface area is 111 Å². The molecule has 1 rings (SSSR count). The molecule has 18 heavy (non-hydrogen) atoms. The smallest absolute Gasteiger partial charge is 0.128 e. The standard InChI is InChI=1S/C15H27N3/c1-5-12-16-13-10-9-11-14(17-13)18-15(6-2,7-3)8-4/h9-11H,5-8,12H2,1-4H3,(H2,16,17,18). The minimum Gasteiger partial charge on any atom is -0.370 e. The number of nitrogens with one attached hydrogen (secondary N) is 2. The van der Waals surface area contributed by atoms with Crippen molar-refractivity contribution in [3.63, 3.8) is 0 Å². The summed E-state index contributed by atoms with van der Waals surface area (Å²) in [6, 6.07) is 6.12. The van der Waals surface area contributed by atoms with E-state index in [1.165, 1.54) is 0 Å². The van der Waals surface area contributed by atoms with Crippen molar-refractivity contribution in [1.82, 2.24) is 4.98 Å². The summed E-state index contributed by atoms with van der Waals surface area (Å²) in [5, 5.41) is 6.93. The highest BCUT2D eigenvalue weighted by Gasteiger charge is 2.23. The Hall–Kier alpha value is -1.25. The van der Waals surface area contributed by atoms with Crippen molar-refractivity contribution >= 4 is 11.6 Å². The molecule has 0 saturated heterocycles. The van der Waals surface area contributed by atoms with Gasteiger partial charge in [0.05, 0.1) is 0 Å². The molecule has 0 aliphatic carbocycles. The molecule has 1 aromatic heterocycles. The van der Waals surface area contributed by atoms with E-state index < -0.39 is 0 Å². The monoisotopic (exact) mass is 249 g/mol. The van der Waals surface area contributed by atoms with Crippen LogP contribution in [0.2, 0.25) is 0 Å². The van der Waals surface area contributed by atoms with Crippen LogP contribution in [0.5, 0.6) is 0 Å². The molecular formula is C15H27N3. The van der Waals surface area contributed by atoms with Crippen LogP contribution < -0.4 is 10.6 Å². The molecule has 102 valence electrons. The fourth-order valence-corrected chi connectivity index (χ4v) is 2.14. The van der Waals surface area contributed by atoms with E-state index in [4.69, 9.17) is 0 Å². The Morgan fingerprint density at radius 2 is 1.61 bits per heavy atom. The molecule has 0 atom stereocenters. The second-order valence-corrected chi connectivity index (χ2v) is 4.80. The van der Waals surface area contributed by atoms with Crippen LogP contribution in [0.15, 0.2) is 18.2 Å². The molecule has 0 aromatic carbocycles. The minimum absolute atomic E-state index is 0.177. The van der Waals surface area contributed by atoms with E-state index in [1.807, 2.05) is 12.1 Å². The van der Waals surface area contributed by atoms with Gasteiger partial charge in [0.25, 0.3) is 0 Å². The highest BCUT2D eigenvalue weighted by molar-refractivity contribution is 5.46. The molecular weight excluding hydrogens is 222 g/mol. The molecule has 1 aromatic rings. The van der Waals surface area contributed by atoms with E-state index in [2.05, 4.69) is 49.4 Å². The van der Waals surface area contributed by atoms with Gasteiger partial charge in [0, 0.05) is 12.1 Å². The summed E-state index contributed by atoms with van der Waals surface area (Å²) in [5.74, 6) is 1.93. The molecule has 3 heteroatoms. The molecule has 0 aliphatic rings. The first-order valence-corrected chi connectivity index (χ1v) is 7.18. The van der Waals surface area contributed by atoms with Crippen molar-refractivity contribution in [2.75, 3.05) is 17.2 Å². The first kappa shape index (κ1) is 14.8. The zero-order chi connectivity index (χ0) is 13.4. The number of anilines is 2. The Morgan fingerprint density at radius 3 is 2.17 bits per heavy atom. The second-order valence-electron chi connectivity index (χ2n) is 4.80. The van der Waals surface area contributed by atoms with E-state index in [0.29, 0.717) is 0 Å². The van der Waals surface area contributed by atoms with Crippen LogP contribution in [0.4, 0.5) is 11.6 Å². The summed E-state index contributed by atoms with van der Waals surface area (Å²) in [5.41, 5.74) is 0.177. The Balaban J connectivity index is 2.77. The van der Waals surface area contributed by atoms with Gasteiger partial charge in [0.2, 0.25) is 0 Å². The second kappa shape index (κ2) is 7.24. The number of nitrogens with zero attached hydrogens (tertiary/aromatic N) is 1. The quantitative estimate of drug-likeness (QED) is 0.722. The van der Waals surface area contributed by atoms with E-state index in [-0.39, 0.29) is 5.54 Å². The fourth-order valence-electron chi connectivity index (χ4n) is 2.14. The molecule has 2 N–H and O–H groups in total. The van der Waals surface area contributed by atoms with Crippen LogP contribution in [-0.2, 0) is 0 Å². The molecule has 0 unspecified atom stereocenters. The molecule has 3 nitrogen and oxygen atoms in total. The summed E-state index contributed by atoms with van der Waals surface area (Å²) in [6.07, 6.45) is 4.47. The summed E-state index contributed by atoms with van der Waals surface area (Å²) < 4.78 is 0. The van der Waals surface area contributed by atoms with Gasteiger partial charge in [-0.25, -0.2) is 4.98 Å². The maximum atomic E-state index is 4.62. The van der Waals surface area contributed by atoms with Gasteiger partial charge in [-0.2, -0.15) is 0 Å². The largest absolute Gasteiger partial charge is 0.370 e. The zero-order valence-electron chi connectivity index (χ0n) is 12.2. The summed E-state index contributed by atoms with van der Waals surface area (Å²) >= 11 is 0. The van der Waals surface area contributed by atoms with Gasteiger partial charge in [-0.1, -0.05) is 33.8 Å². The van der Waals surface area contributed by atoms with E-state index in [1.54, 1.807) is 0 Å². The molecule has 0 bridgehead atoms. The number of aromatic nitrogens is 1. The summed E-state index contributed by atoms with van der Waals surface area (Å²) in [7, 11) is 0. The average Bonchev–Trinajstić information content (AvgIpc) is 2.43. The zero-order valence-corrected chi connectivity index (χ0v) is 12.2. The molecule has 0 fully saturated rings. The lowest BCUT2D eigenvalue weighted by Gasteiger charge is -2.32. The van der Waals surface area contributed by atoms with Gasteiger partial charge >= 0.3 is 0 Å². The van der Waals surface area contributed by atoms with Gasteiger partial charge in [-0.05, 0) is 37.8 Å². The fraction of sp³-hybridized carbons (Fsp3) is 0.667. The van der Waals surface area contributed by atoms with Crippen LogP contribution in [0.25, 0.3) is 0 Å². The van der Waals surface area contributed by atoms with Crippen LogP contribution >= 0.6 is 0 Å². The topological polar surface area (TPSA) is 37.0 Å². The molecule has 0 saturated carbocycles. The lowest BCUT2D eigenvalue weighted by atomic mass is 9.90. The minimum atomic E-state index is 0.177. The van der Waals surface area contributed by atoms with E-state index >= 15 is 0 Å².